The first-order chi connectivity index (χ1) is 13.8. The monoisotopic (exact) mass is 403 g/mol. The van der Waals surface area contributed by atoms with Crippen molar-refractivity contribution in [3.8, 4) is 0 Å². The topological polar surface area (TPSA) is 136 Å². The third-order valence-electron chi connectivity index (χ3n) is 5.21. The summed E-state index contributed by atoms with van der Waals surface area (Å²) >= 11 is 0. The molecule has 1 N–H and O–H groups in total. The van der Waals surface area contributed by atoms with Gasteiger partial charge in [-0.2, -0.15) is 0 Å². The summed E-state index contributed by atoms with van der Waals surface area (Å²) in [6.45, 7) is 0.916. The normalized spacial score (nSPS) is 20.9. The van der Waals surface area contributed by atoms with Crippen molar-refractivity contribution in [1.82, 2.24) is 10.2 Å². The SMILES string of the molecule is CC1CCC(NC(=O)COC(=O)CN2C(=O)c3cccc([N+](=O)[O-])c3C2=O)CC1. The minimum absolute atomic E-state index is 0.0502. The van der Waals surface area contributed by atoms with Crippen molar-refractivity contribution in [2.24, 2.45) is 5.92 Å². The van der Waals surface area contributed by atoms with Crippen LogP contribution in [0.25, 0.3) is 0 Å². The number of benzene rings is 1. The largest absolute Gasteiger partial charge is 0.454 e. The van der Waals surface area contributed by atoms with E-state index in [2.05, 4.69) is 12.2 Å². The van der Waals surface area contributed by atoms with E-state index in [9.17, 15) is 29.3 Å². The summed E-state index contributed by atoms with van der Waals surface area (Å²) in [6, 6.07) is 3.74. The lowest BCUT2D eigenvalue weighted by atomic mass is 9.87. The number of nitro groups is 1. The van der Waals surface area contributed by atoms with Crippen LogP contribution in [0, 0.1) is 16.0 Å². The summed E-state index contributed by atoms with van der Waals surface area (Å²) in [4.78, 5) is 59.6. The van der Waals surface area contributed by atoms with E-state index in [0.29, 0.717) is 10.8 Å². The number of rotatable bonds is 6. The zero-order chi connectivity index (χ0) is 21.1. The maximum Gasteiger partial charge on any atom is 0.326 e. The van der Waals surface area contributed by atoms with Gasteiger partial charge in [-0.3, -0.25) is 34.2 Å². The lowest BCUT2D eigenvalue weighted by Crippen LogP contribution is -2.41. The Kier molecular flexibility index (Phi) is 5.90. The van der Waals surface area contributed by atoms with E-state index >= 15 is 0 Å². The molecule has 1 fully saturated rings. The summed E-state index contributed by atoms with van der Waals surface area (Å²) < 4.78 is 4.87. The number of nitrogens with zero attached hydrogens (tertiary/aromatic N) is 2. The number of ether oxygens (including phenoxy) is 1. The number of carbonyl (C=O) groups excluding carboxylic acids is 4. The van der Waals surface area contributed by atoms with Crippen molar-refractivity contribution in [3.05, 3.63) is 39.4 Å². The molecule has 29 heavy (non-hydrogen) atoms. The van der Waals surface area contributed by atoms with Gasteiger partial charge in [-0.15, -0.1) is 0 Å². The molecule has 1 heterocycles. The predicted molar refractivity (Wildman–Crippen MR) is 99.0 cm³/mol. The molecule has 1 aromatic rings. The first-order valence-electron chi connectivity index (χ1n) is 9.36. The quantitative estimate of drug-likeness (QED) is 0.328. The molecule has 0 atom stereocenters. The van der Waals surface area contributed by atoms with E-state index in [1.807, 2.05) is 0 Å². The highest BCUT2D eigenvalue weighted by Gasteiger charge is 2.42. The maximum atomic E-state index is 12.4. The average molecular weight is 403 g/mol. The van der Waals surface area contributed by atoms with Crippen LogP contribution in [-0.4, -0.2) is 52.7 Å². The lowest BCUT2D eigenvalue weighted by Gasteiger charge is -2.26. The van der Waals surface area contributed by atoms with E-state index in [1.54, 1.807) is 0 Å². The summed E-state index contributed by atoms with van der Waals surface area (Å²) in [5, 5.41) is 13.9. The Morgan fingerprint density at radius 3 is 2.55 bits per heavy atom. The predicted octanol–water partition coefficient (Wildman–Crippen LogP) is 1.43. The Morgan fingerprint density at radius 2 is 1.90 bits per heavy atom. The van der Waals surface area contributed by atoms with Crippen molar-refractivity contribution in [2.75, 3.05) is 13.2 Å². The van der Waals surface area contributed by atoms with Crippen LogP contribution in [0.2, 0.25) is 0 Å². The smallest absolute Gasteiger partial charge is 0.326 e. The van der Waals surface area contributed by atoms with E-state index in [-0.39, 0.29) is 17.2 Å². The van der Waals surface area contributed by atoms with Crippen molar-refractivity contribution in [1.29, 1.82) is 0 Å². The van der Waals surface area contributed by atoms with E-state index in [0.717, 1.165) is 31.7 Å². The van der Waals surface area contributed by atoms with Gasteiger partial charge >= 0.3 is 5.97 Å². The number of nitro benzene ring substituents is 1. The van der Waals surface area contributed by atoms with Crippen LogP contribution in [0.4, 0.5) is 5.69 Å². The number of imide groups is 1. The Morgan fingerprint density at radius 1 is 1.21 bits per heavy atom. The highest BCUT2D eigenvalue weighted by Crippen LogP contribution is 2.30. The van der Waals surface area contributed by atoms with E-state index in [1.165, 1.54) is 12.1 Å². The number of esters is 1. The van der Waals surface area contributed by atoms with Crippen molar-refractivity contribution < 1.29 is 28.8 Å². The number of carbonyl (C=O) groups is 4. The maximum absolute atomic E-state index is 12.4. The third-order valence-corrected chi connectivity index (χ3v) is 5.21. The van der Waals surface area contributed by atoms with Crippen LogP contribution in [0.15, 0.2) is 18.2 Å². The summed E-state index contributed by atoms with van der Waals surface area (Å²) in [7, 11) is 0. The van der Waals surface area contributed by atoms with E-state index < -0.39 is 47.5 Å². The van der Waals surface area contributed by atoms with Gasteiger partial charge in [0.05, 0.1) is 10.5 Å². The van der Waals surface area contributed by atoms with Gasteiger partial charge in [0, 0.05) is 12.1 Å². The van der Waals surface area contributed by atoms with Gasteiger partial charge in [-0.25, -0.2) is 0 Å². The van der Waals surface area contributed by atoms with Crippen molar-refractivity contribution in [3.63, 3.8) is 0 Å². The molecule has 2 aliphatic rings. The van der Waals surface area contributed by atoms with Gasteiger partial charge in [-0.05, 0) is 37.7 Å². The molecular formula is C19H21N3O7. The highest BCUT2D eigenvalue weighted by atomic mass is 16.6. The number of hydrogen-bond donors (Lipinski definition) is 1. The Labute approximate surface area is 166 Å². The fraction of sp³-hybridized carbons (Fsp3) is 0.474. The van der Waals surface area contributed by atoms with E-state index in [4.69, 9.17) is 4.74 Å². The molecular weight excluding hydrogens is 382 g/mol. The Hall–Kier alpha value is -3.30. The van der Waals surface area contributed by atoms with Crippen molar-refractivity contribution in [2.45, 2.75) is 38.6 Å². The van der Waals surface area contributed by atoms with Crippen LogP contribution in [0.5, 0.6) is 0 Å². The zero-order valence-corrected chi connectivity index (χ0v) is 15.9. The van der Waals surface area contributed by atoms with Crippen LogP contribution < -0.4 is 5.32 Å². The van der Waals surface area contributed by atoms with Crippen LogP contribution in [0.3, 0.4) is 0 Å². The van der Waals surface area contributed by atoms with Gasteiger partial charge in [-0.1, -0.05) is 13.0 Å². The standard InChI is InChI=1S/C19H21N3O7/c1-11-5-7-12(8-6-11)20-15(23)10-29-16(24)9-21-18(25)13-3-2-4-14(22(27)28)17(13)19(21)26/h2-4,11-12H,5-10H2,1H3,(H,20,23). The average Bonchev–Trinajstić information content (AvgIpc) is 2.93. The first kappa shape index (κ1) is 20.4. The molecule has 154 valence electrons. The summed E-state index contributed by atoms with van der Waals surface area (Å²) in [5.74, 6) is -2.51. The summed E-state index contributed by atoms with van der Waals surface area (Å²) in [6.07, 6.45) is 3.79. The minimum atomic E-state index is -0.949. The number of hydrogen-bond acceptors (Lipinski definition) is 7. The molecule has 10 heteroatoms. The Balaban J connectivity index is 1.54. The van der Waals surface area contributed by atoms with Gasteiger partial charge in [0.15, 0.2) is 6.61 Å². The molecule has 0 aromatic heterocycles. The van der Waals surface area contributed by atoms with Gasteiger partial charge < -0.3 is 10.1 Å². The molecule has 0 bridgehead atoms. The highest BCUT2D eigenvalue weighted by molar-refractivity contribution is 6.24. The second-order valence-corrected chi connectivity index (χ2v) is 7.34. The molecule has 1 saturated carbocycles. The van der Waals surface area contributed by atoms with Gasteiger partial charge in [0.1, 0.15) is 12.1 Å². The number of nitrogens with one attached hydrogen (secondary N) is 1. The molecule has 0 spiro atoms. The van der Waals surface area contributed by atoms with Crippen LogP contribution in [-0.2, 0) is 14.3 Å². The fourth-order valence-corrected chi connectivity index (χ4v) is 3.61. The third kappa shape index (κ3) is 4.41. The van der Waals surface area contributed by atoms with Crippen LogP contribution in [0.1, 0.15) is 53.3 Å². The molecule has 0 radical (unpaired) electrons. The summed E-state index contributed by atoms with van der Waals surface area (Å²) in [5.41, 5.74) is -0.987. The molecule has 0 saturated heterocycles. The molecule has 0 unspecified atom stereocenters. The second kappa shape index (κ2) is 8.38. The molecule has 1 aliphatic heterocycles. The molecule has 1 aromatic carbocycles. The molecule has 1 aliphatic carbocycles. The van der Waals surface area contributed by atoms with Crippen LogP contribution >= 0.6 is 0 Å². The molecule has 3 rings (SSSR count). The number of amides is 3. The number of fused-ring (bicyclic) bond motifs is 1. The second-order valence-electron chi connectivity index (χ2n) is 7.34. The van der Waals surface area contributed by atoms with Gasteiger partial charge in [0.2, 0.25) is 0 Å². The lowest BCUT2D eigenvalue weighted by molar-refractivity contribution is -0.385. The fourth-order valence-electron chi connectivity index (χ4n) is 3.61. The molecule has 3 amide bonds. The molecule has 10 nitrogen and oxygen atoms in total. The first-order valence-corrected chi connectivity index (χ1v) is 9.36. The minimum Gasteiger partial charge on any atom is -0.454 e. The zero-order valence-electron chi connectivity index (χ0n) is 15.9. The van der Waals surface area contributed by atoms with Crippen molar-refractivity contribution >= 4 is 29.4 Å². The Bertz CT molecular complexity index is 875. The van der Waals surface area contributed by atoms with Gasteiger partial charge in [0.25, 0.3) is 23.4 Å².